The number of hydrogen-bond acceptors (Lipinski definition) is 4. The van der Waals surface area contributed by atoms with E-state index >= 15 is 0 Å². The summed E-state index contributed by atoms with van der Waals surface area (Å²) < 4.78 is 0. The Morgan fingerprint density at radius 1 is 0.533 bits per heavy atom. The Kier molecular flexibility index (Phi) is 5.53. The summed E-state index contributed by atoms with van der Waals surface area (Å²) in [5.74, 6) is 0. The first-order chi connectivity index (χ1) is 7.08. The average molecular weight is 218 g/mol. The lowest BCUT2D eigenvalue weighted by Crippen LogP contribution is -2.20. The second-order valence-electron chi connectivity index (χ2n) is 4.59. The van der Waals surface area contributed by atoms with Gasteiger partial charge in [-0.3, -0.25) is 0 Å². The first kappa shape index (κ1) is 12.9. The van der Waals surface area contributed by atoms with E-state index in [4.69, 9.17) is 0 Å². The quantitative estimate of drug-likeness (QED) is 0.467. The zero-order valence-corrected chi connectivity index (χ0v) is 9.05. The van der Waals surface area contributed by atoms with Crippen LogP contribution in [-0.2, 0) is 0 Å². The van der Waals surface area contributed by atoms with Gasteiger partial charge in [0.1, 0.15) is 0 Å². The highest BCUT2D eigenvalue weighted by Gasteiger charge is 2.18. The van der Waals surface area contributed by atoms with E-state index in [9.17, 15) is 20.4 Å². The topological polar surface area (TPSA) is 80.9 Å². The molecule has 0 amide bonds. The third-order valence-electron chi connectivity index (χ3n) is 3.00. The van der Waals surface area contributed by atoms with Crippen molar-refractivity contribution < 1.29 is 20.4 Å². The van der Waals surface area contributed by atoms with Crippen molar-refractivity contribution in [2.75, 3.05) is 0 Å². The molecule has 0 aromatic rings. The van der Waals surface area contributed by atoms with Crippen molar-refractivity contribution in [3.05, 3.63) is 0 Å². The van der Waals surface area contributed by atoms with Gasteiger partial charge >= 0.3 is 0 Å². The highest BCUT2D eigenvalue weighted by atomic mass is 16.3. The molecule has 1 aliphatic carbocycles. The molecule has 4 N–H and O–H groups in total. The van der Waals surface area contributed by atoms with E-state index in [0.717, 1.165) is 6.42 Å². The molecule has 15 heavy (non-hydrogen) atoms. The molecule has 4 heteroatoms. The van der Waals surface area contributed by atoms with Crippen LogP contribution in [0.5, 0.6) is 0 Å². The monoisotopic (exact) mass is 218 g/mol. The number of hydrogen-bond donors (Lipinski definition) is 4. The fourth-order valence-corrected chi connectivity index (χ4v) is 2.07. The Morgan fingerprint density at radius 2 is 0.867 bits per heavy atom. The molecule has 0 bridgehead atoms. The summed E-state index contributed by atoms with van der Waals surface area (Å²) in [6.07, 6.45) is 1.66. The molecule has 1 fully saturated rings. The van der Waals surface area contributed by atoms with Gasteiger partial charge in [-0.25, -0.2) is 0 Å². The van der Waals surface area contributed by atoms with Crippen molar-refractivity contribution in [1.29, 1.82) is 0 Å². The summed E-state index contributed by atoms with van der Waals surface area (Å²) in [5, 5.41) is 38.2. The number of aliphatic hydroxyl groups excluding tert-OH is 4. The SMILES string of the molecule is OC1CCCC(O)CC(O)CCC(O)C1. The van der Waals surface area contributed by atoms with E-state index in [1.807, 2.05) is 0 Å². The van der Waals surface area contributed by atoms with Gasteiger partial charge in [-0.2, -0.15) is 0 Å². The van der Waals surface area contributed by atoms with Gasteiger partial charge in [-0.05, 0) is 44.9 Å². The van der Waals surface area contributed by atoms with Crippen LogP contribution in [0.25, 0.3) is 0 Å². The van der Waals surface area contributed by atoms with Crippen molar-refractivity contribution in [2.45, 2.75) is 69.4 Å². The largest absolute Gasteiger partial charge is 0.393 e. The molecule has 1 saturated carbocycles. The zero-order chi connectivity index (χ0) is 11.3. The normalized spacial score (nSPS) is 40.8. The Balaban J connectivity index is 2.43. The molecule has 4 nitrogen and oxygen atoms in total. The summed E-state index contributed by atoms with van der Waals surface area (Å²) in [4.78, 5) is 0. The summed E-state index contributed by atoms with van der Waals surface area (Å²) in [6.45, 7) is 0. The molecule has 0 aromatic carbocycles. The summed E-state index contributed by atoms with van der Waals surface area (Å²) in [7, 11) is 0. The average Bonchev–Trinajstić information content (AvgIpc) is 2.15. The molecule has 0 spiro atoms. The molecule has 4 atom stereocenters. The van der Waals surface area contributed by atoms with E-state index in [-0.39, 0.29) is 0 Å². The molecule has 0 saturated heterocycles. The molecule has 1 rings (SSSR count). The number of aliphatic hydroxyl groups is 4. The van der Waals surface area contributed by atoms with E-state index in [2.05, 4.69) is 0 Å². The maximum absolute atomic E-state index is 9.54. The van der Waals surface area contributed by atoms with E-state index < -0.39 is 24.4 Å². The van der Waals surface area contributed by atoms with Crippen molar-refractivity contribution in [3.8, 4) is 0 Å². The van der Waals surface area contributed by atoms with Crippen LogP contribution < -0.4 is 0 Å². The zero-order valence-electron chi connectivity index (χ0n) is 9.05. The summed E-state index contributed by atoms with van der Waals surface area (Å²) in [5.41, 5.74) is 0. The first-order valence-corrected chi connectivity index (χ1v) is 5.80. The maximum Gasteiger partial charge on any atom is 0.0565 e. The smallest absolute Gasteiger partial charge is 0.0565 e. The minimum atomic E-state index is -0.537. The minimum absolute atomic E-state index is 0.378. The molecule has 0 aromatic heterocycles. The Bertz CT molecular complexity index is 156. The van der Waals surface area contributed by atoms with Gasteiger partial charge in [0.15, 0.2) is 0 Å². The molecular formula is C11H22O4. The first-order valence-electron chi connectivity index (χ1n) is 5.80. The minimum Gasteiger partial charge on any atom is -0.393 e. The van der Waals surface area contributed by atoms with Crippen molar-refractivity contribution in [1.82, 2.24) is 0 Å². The van der Waals surface area contributed by atoms with Crippen LogP contribution in [0, 0.1) is 0 Å². The molecule has 4 unspecified atom stereocenters. The van der Waals surface area contributed by atoms with Crippen molar-refractivity contribution in [3.63, 3.8) is 0 Å². The second kappa shape index (κ2) is 6.43. The molecule has 0 heterocycles. The Morgan fingerprint density at radius 3 is 1.27 bits per heavy atom. The Hall–Kier alpha value is -0.160. The standard InChI is InChI=1S/C11H22O4/c12-8-2-1-3-9(13)7-11(15)5-4-10(14)6-8/h8-15H,1-7H2. The van der Waals surface area contributed by atoms with E-state index in [0.29, 0.717) is 38.5 Å². The Labute approximate surface area is 90.6 Å². The molecule has 90 valence electrons. The van der Waals surface area contributed by atoms with Gasteiger partial charge in [0.2, 0.25) is 0 Å². The van der Waals surface area contributed by atoms with Crippen molar-refractivity contribution in [2.24, 2.45) is 0 Å². The molecular weight excluding hydrogens is 196 g/mol. The molecule has 0 radical (unpaired) electrons. The second-order valence-corrected chi connectivity index (χ2v) is 4.59. The van der Waals surface area contributed by atoms with Gasteiger partial charge in [0.25, 0.3) is 0 Å². The highest BCUT2D eigenvalue weighted by molar-refractivity contribution is 4.71. The van der Waals surface area contributed by atoms with E-state index in [1.54, 1.807) is 0 Å². The highest BCUT2D eigenvalue weighted by Crippen LogP contribution is 2.18. The van der Waals surface area contributed by atoms with Crippen LogP contribution >= 0.6 is 0 Å². The third-order valence-corrected chi connectivity index (χ3v) is 3.00. The maximum atomic E-state index is 9.54. The van der Waals surface area contributed by atoms with Gasteiger partial charge in [-0.15, -0.1) is 0 Å². The van der Waals surface area contributed by atoms with Crippen LogP contribution in [0.15, 0.2) is 0 Å². The van der Waals surface area contributed by atoms with Crippen LogP contribution in [0.4, 0.5) is 0 Å². The lowest BCUT2D eigenvalue weighted by molar-refractivity contribution is 0.0513. The lowest BCUT2D eigenvalue weighted by atomic mass is 10.0. The molecule has 1 aliphatic rings. The summed E-state index contributed by atoms with van der Waals surface area (Å²) >= 11 is 0. The van der Waals surface area contributed by atoms with Crippen molar-refractivity contribution >= 4 is 0 Å². The van der Waals surface area contributed by atoms with E-state index in [1.165, 1.54) is 0 Å². The lowest BCUT2D eigenvalue weighted by Gasteiger charge is -2.16. The number of rotatable bonds is 0. The van der Waals surface area contributed by atoms with Gasteiger partial charge < -0.3 is 20.4 Å². The van der Waals surface area contributed by atoms with Crippen LogP contribution in [-0.4, -0.2) is 44.8 Å². The van der Waals surface area contributed by atoms with Crippen LogP contribution in [0.2, 0.25) is 0 Å². The van der Waals surface area contributed by atoms with Gasteiger partial charge in [0, 0.05) is 0 Å². The predicted molar refractivity (Wildman–Crippen MR) is 56.3 cm³/mol. The molecule has 0 aliphatic heterocycles. The summed E-state index contributed by atoms with van der Waals surface area (Å²) in [6, 6.07) is 0. The fraction of sp³-hybridized carbons (Fsp3) is 1.00. The fourth-order valence-electron chi connectivity index (χ4n) is 2.07. The van der Waals surface area contributed by atoms with Crippen LogP contribution in [0.3, 0.4) is 0 Å². The van der Waals surface area contributed by atoms with Gasteiger partial charge in [0.05, 0.1) is 24.4 Å². The van der Waals surface area contributed by atoms with Gasteiger partial charge in [-0.1, -0.05) is 0 Å². The third kappa shape index (κ3) is 5.47. The predicted octanol–water partition coefficient (Wildman–Crippen LogP) is 0.174. The van der Waals surface area contributed by atoms with Crippen LogP contribution in [0.1, 0.15) is 44.9 Å².